The average Bonchev–Trinajstić information content (AvgIpc) is 2.57. The summed E-state index contributed by atoms with van der Waals surface area (Å²) in [7, 11) is 0. The molecule has 2 nitrogen and oxygen atoms in total. The molecule has 0 unspecified atom stereocenters. The SMILES string of the molecule is C[C@@](O)(c1ccc(F)cc1)[C@@H](c1ccccc1)c1ccccn1. The molecular weight excluding hydrogens is 289 g/mol. The number of hydrogen-bond acceptors (Lipinski definition) is 2. The molecule has 2 atom stereocenters. The zero-order valence-electron chi connectivity index (χ0n) is 12.9. The van der Waals surface area contributed by atoms with Gasteiger partial charge in [-0.3, -0.25) is 4.98 Å². The van der Waals surface area contributed by atoms with E-state index in [0.717, 1.165) is 11.3 Å². The second-order valence-corrected chi connectivity index (χ2v) is 5.75. The van der Waals surface area contributed by atoms with Crippen LogP contribution in [-0.2, 0) is 5.60 Å². The Balaban J connectivity index is 2.13. The lowest BCUT2D eigenvalue weighted by atomic mass is 9.76. The maximum atomic E-state index is 13.2. The Bertz CT molecular complexity index is 715. The number of aliphatic hydroxyl groups is 1. The highest BCUT2D eigenvalue weighted by Gasteiger charge is 2.36. The fourth-order valence-corrected chi connectivity index (χ4v) is 2.93. The van der Waals surface area contributed by atoms with Gasteiger partial charge in [-0.05, 0) is 42.3 Å². The highest BCUT2D eigenvalue weighted by molar-refractivity contribution is 5.37. The molecule has 1 aromatic heterocycles. The third-order valence-electron chi connectivity index (χ3n) is 4.11. The van der Waals surface area contributed by atoms with E-state index in [0.29, 0.717) is 5.56 Å². The molecule has 116 valence electrons. The summed E-state index contributed by atoms with van der Waals surface area (Å²) in [5, 5.41) is 11.3. The van der Waals surface area contributed by atoms with Crippen LogP contribution in [0, 0.1) is 5.82 Å². The minimum atomic E-state index is -1.22. The van der Waals surface area contributed by atoms with Crippen LogP contribution in [0.3, 0.4) is 0 Å². The topological polar surface area (TPSA) is 33.1 Å². The van der Waals surface area contributed by atoms with Gasteiger partial charge < -0.3 is 5.11 Å². The summed E-state index contributed by atoms with van der Waals surface area (Å²) < 4.78 is 13.2. The maximum absolute atomic E-state index is 13.2. The van der Waals surface area contributed by atoms with Gasteiger partial charge in [-0.15, -0.1) is 0 Å². The van der Waals surface area contributed by atoms with E-state index in [1.807, 2.05) is 48.5 Å². The predicted octanol–water partition coefficient (Wildman–Crippen LogP) is 4.26. The van der Waals surface area contributed by atoms with Gasteiger partial charge in [0.25, 0.3) is 0 Å². The minimum Gasteiger partial charge on any atom is -0.384 e. The molecule has 3 rings (SSSR count). The molecule has 0 aliphatic carbocycles. The van der Waals surface area contributed by atoms with Crippen molar-refractivity contribution in [1.29, 1.82) is 0 Å². The zero-order chi connectivity index (χ0) is 16.3. The molecule has 1 N–H and O–H groups in total. The molecule has 1 heterocycles. The van der Waals surface area contributed by atoms with Crippen LogP contribution in [-0.4, -0.2) is 10.1 Å². The Morgan fingerprint density at radius 2 is 1.57 bits per heavy atom. The minimum absolute atomic E-state index is 0.321. The van der Waals surface area contributed by atoms with E-state index in [2.05, 4.69) is 4.98 Å². The van der Waals surface area contributed by atoms with Crippen molar-refractivity contribution in [2.75, 3.05) is 0 Å². The van der Waals surface area contributed by atoms with Crippen LogP contribution in [0.4, 0.5) is 4.39 Å². The molecule has 0 aliphatic heterocycles. The molecule has 0 amide bonds. The highest BCUT2D eigenvalue weighted by Crippen LogP contribution is 2.40. The molecule has 0 spiro atoms. The fourth-order valence-electron chi connectivity index (χ4n) is 2.93. The van der Waals surface area contributed by atoms with Crippen molar-refractivity contribution < 1.29 is 9.50 Å². The van der Waals surface area contributed by atoms with Crippen LogP contribution < -0.4 is 0 Å². The Morgan fingerprint density at radius 3 is 2.17 bits per heavy atom. The van der Waals surface area contributed by atoms with Gasteiger partial charge in [0.1, 0.15) is 5.82 Å². The molecular formula is C20H18FNO. The van der Waals surface area contributed by atoms with Crippen LogP contribution in [0.1, 0.15) is 29.7 Å². The molecule has 3 aromatic rings. The van der Waals surface area contributed by atoms with E-state index in [-0.39, 0.29) is 11.7 Å². The Morgan fingerprint density at radius 1 is 0.913 bits per heavy atom. The van der Waals surface area contributed by atoms with Crippen molar-refractivity contribution in [1.82, 2.24) is 4.98 Å². The summed E-state index contributed by atoms with van der Waals surface area (Å²) in [5.74, 6) is -0.672. The predicted molar refractivity (Wildman–Crippen MR) is 88.5 cm³/mol. The lowest BCUT2D eigenvalue weighted by Crippen LogP contribution is -2.31. The molecule has 0 radical (unpaired) electrons. The van der Waals surface area contributed by atoms with Crippen molar-refractivity contribution in [3.05, 3.63) is 102 Å². The fraction of sp³-hybridized carbons (Fsp3) is 0.150. The summed E-state index contributed by atoms with van der Waals surface area (Å²) in [6.07, 6.45) is 1.71. The average molecular weight is 307 g/mol. The van der Waals surface area contributed by atoms with Crippen LogP contribution in [0.5, 0.6) is 0 Å². The first-order chi connectivity index (χ1) is 11.1. The van der Waals surface area contributed by atoms with E-state index in [1.54, 1.807) is 25.3 Å². The van der Waals surface area contributed by atoms with Crippen molar-refractivity contribution >= 4 is 0 Å². The molecule has 0 saturated carbocycles. The first kappa shape index (κ1) is 15.4. The zero-order valence-corrected chi connectivity index (χ0v) is 12.9. The Labute approximate surface area is 135 Å². The van der Waals surface area contributed by atoms with E-state index >= 15 is 0 Å². The van der Waals surface area contributed by atoms with Crippen LogP contribution >= 0.6 is 0 Å². The number of nitrogens with zero attached hydrogens (tertiary/aromatic N) is 1. The second kappa shape index (κ2) is 6.31. The molecule has 0 fully saturated rings. The first-order valence-electron chi connectivity index (χ1n) is 7.53. The van der Waals surface area contributed by atoms with Crippen LogP contribution in [0.15, 0.2) is 79.0 Å². The van der Waals surface area contributed by atoms with Gasteiger partial charge in [0, 0.05) is 6.20 Å². The van der Waals surface area contributed by atoms with Gasteiger partial charge in [0.2, 0.25) is 0 Å². The Hall–Kier alpha value is -2.52. The number of aromatic nitrogens is 1. The van der Waals surface area contributed by atoms with Gasteiger partial charge in [0.05, 0.1) is 17.2 Å². The molecule has 0 saturated heterocycles. The quantitative estimate of drug-likeness (QED) is 0.781. The normalized spacial score (nSPS) is 14.9. The summed E-state index contributed by atoms with van der Waals surface area (Å²) in [6.45, 7) is 1.74. The molecule has 0 aliphatic rings. The standard InChI is InChI=1S/C20H18FNO/c1-20(23,16-10-12-17(21)13-11-16)19(15-7-3-2-4-8-15)18-9-5-6-14-22-18/h2-14,19,23H,1H3/t19-,20+/m0/s1. The second-order valence-electron chi connectivity index (χ2n) is 5.75. The van der Waals surface area contributed by atoms with Gasteiger partial charge >= 0.3 is 0 Å². The summed E-state index contributed by atoms with van der Waals surface area (Å²) in [5.41, 5.74) is 1.16. The first-order valence-corrected chi connectivity index (χ1v) is 7.53. The molecule has 23 heavy (non-hydrogen) atoms. The van der Waals surface area contributed by atoms with Crippen LogP contribution in [0.25, 0.3) is 0 Å². The maximum Gasteiger partial charge on any atom is 0.123 e. The van der Waals surface area contributed by atoms with Crippen molar-refractivity contribution in [2.45, 2.75) is 18.4 Å². The monoisotopic (exact) mass is 307 g/mol. The summed E-state index contributed by atoms with van der Waals surface area (Å²) >= 11 is 0. The lowest BCUT2D eigenvalue weighted by Gasteiger charge is -2.33. The summed E-state index contributed by atoms with van der Waals surface area (Å²) in [6, 6.07) is 21.4. The smallest absolute Gasteiger partial charge is 0.123 e. The molecule has 3 heteroatoms. The third-order valence-corrected chi connectivity index (χ3v) is 4.11. The summed E-state index contributed by atoms with van der Waals surface area (Å²) in [4.78, 5) is 4.43. The highest BCUT2D eigenvalue weighted by atomic mass is 19.1. The number of halogens is 1. The largest absolute Gasteiger partial charge is 0.384 e. The van der Waals surface area contributed by atoms with Crippen molar-refractivity contribution in [2.24, 2.45) is 0 Å². The lowest BCUT2D eigenvalue weighted by molar-refractivity contribution is 0.0380. The van der Waals surface area contributed by atoms with Gasteiger partial charge in [-0.1, -0.05) is 48.5 Å². The van der Waals surface area contributed by atoms with Crippen molar-refractivity contribution in [3.8, 4) is 0 Å². The van der Waals surface area contributed by atoms with Gasteiger partial charge in [-0.25, -0.2) is 4.39 Å². The van der Waals surface area contributed by atoms with E-state index in [9.17, 15) is 9.50 Å². The van der Waals surface area contributed by atoms with Gasteiger partial charge in [0.15, 0.2) is 0 Å². The third kappa shape index (κ3) is 3.15. The van der Waals surface area contributed by atoms with E-state index < -0.39 is 5.60 Å². The molecule has 0 bridgehead atoms. The number of hydrogen-bond donors (Lipinski definition) is 1. The Kier molecular flexibility index (Phi) is 4.22. The van der Waals surface area contributed by atoms with E-state index in [1.165, 1.54) is 12.1 Å². The van der Waals surface area contributed by atoms with Crippen LogP contribution in [0.2, 0.25) is 0 Å². The number of pyridine rings is 1. The van der Waals surface area contributed by atoms with Gasteiger partial charge in [-0.2, -0.15) is 0 Å². The number of benzene rings is 2. The van der Waals surface area contributed by atoms with Crippen molar-refractivity contribution in [3.63, 3.8) is 0 Å². The molecule has 2 aromatic carbocycles. The number of rotatable bonds is 4. The van der Waals surface area contributed by atoms with E-state index in [4.69, 9.17) is 0 Å².